The Morgan fingerprint density at radius 3 is 2.93 bits per heavy atom. The Morgan fingerprint density at radius 2 is 2.29 bits per heavy atom. The summed E-state index contributed by atoms with van der Waals surface area (Å²) in [4.78, 5) is 8.60. The molecule has 0 aliphatic heterocycles. The third-order valence-corrected chi connectivity index (χ3v) is 2.22. The molecule has 0 bridgehead atoms. The third kappa shape index (κ3) is 2.13. The molecule has 0 radical (unpaired) electrons. The Kier molecular flexibility index (Phi) is 2.52. The van der Waals surface area contributed by atoms with Crippen LogP contribution in [0, 0.1) is 6.92 Å². The van der Waals surface area contributed by atoms with Crippen LogP contribution in [-0.4, -0.2) is 22.6 Å². The Morgan fingerprint density at radius 1 is 1.50 bits per heavy atom. The van der Waals surface area contributed by atoms with E-state index in [4.69, 9.17) is 0 Å². The van der Waals surface area contributed by atoms with Gasteiger partial charge in [-0.15, -0.1) is 0 Å². The summed E-state index contributed by atoms with van der Waals surface area (Å²) in [7, 11) is 0. The van der Waals surface area contributed by atoms with Gasteiger partial charge in [0.15, 0.2) is 0 Å². The lowest BCUT2D eigenvalue weighted by Gasteiger charge is -2.08. The van der Waals surface area contributed by atoms with Crippen LogP contribution in [0.15, 0.2) is 6.20 Å². The van der Waals surface area contributed by atoms with Crippen LogP contribution in [-0.2, 0) is 0 Å². The lowest BCUT2D eigenvalue weighted by Crippen LogP contribution is -2.09. The van der Waals surface area contributed by atoms with Gasteiger partial charge in [-0.25, -0.2) is 4.98 Å². The summed E-state index contributed by atoms with van der Waals surface area (Å²) in [6.45, 7) is 4.92. The molecule has 2 rings (SSSR count). The molecule has 0 spiro atoms. The zero-order valence-corrected chi connectivity index (χ0v) is 8.67. The molecule has 1 heterocycles. The first-order chi connectivity index (χ1) is 6.79. The van der Waals surface area contributed by atoms with Crippen molar-refractivity contribution in [1.82, 2.24) is 9.97 Å². The molecule has 1 aliphatic rings. The highest BCUT2D eigenvalue weighted by Crippen LogP contribution is 2.25. The van der Waals surface area contributed by atoms with E-state index in [0.29, 0.717) is 12.0 Å². The third-order valence-electron chi connectivity index (χ3n) is 2.22. The molecule has 76 valence electrons. The average Bonchev–Trinajstić information content (AvgIpc) is 2.95. The maximum atomic E-state index is 4.41. The standard InChI is InChI=1S/C10H16N4/c1-3-11-10-12-6-7(2)9(14-10)13-8-4-5-8/h6,8H,3-5H2,1-2H3,(H2,11,12,13,14). The number of hydrogen-bond acceptors (Lipinski definition) is 4. The van der Waals surface area contributed by atoms with E-state index >= 15 is 0 Å². The predicted octanol–water partition coefficient (Wildman–Crippen LogP) is 1.79. The predicted molar refractivity (Wildman–Crippen MR) is 57.6 cm³/mol. The monoisotopic (exact) mass is 192 g/mol. The highest BCUT2D eigenvalue weighted by Gasteiger charge is 2.22. The molecule has 14 heavy (non-hydrogen) atoms. The number of aromatic nitrogens is 2. The van der Waals surface area contributed by atoms with Gasteiger partial charge in [-0.2, -0.15) is 4.98 Å². The summed E-state index contributed by atoms with van der Waals surface area (Å²) >= 11 is 0. The van der Waals surface area contributed by atoms with Crippen molar-refractivity contribution in [1.29, 1.82) is 0 Å². The van der Waals surface area contributed by atoms with Crippen molar-refractivity contribution in [3.63, 3.8) is 0 Å². The first-order valence-corrected chi connectivity index (χ1v) is 5.13. The van der Waals surface area contributed by atoms with Gasteiger partial charge in [-0.3, -0.25) is 0 Å². The molecule has 0 amide bonds. The maximum Gasteiger partial charge on any atom is 0.224 e. The minimum atomic E-state index is 0.637. The van der Waals surface area contributed by atoms with E-state index in [-0.39, 0.29) is 0 Å². The van der Waals surface area contributed by atoms with Crippen LogP contribution in [0.1, 0.15) is 25.3 Å². The normalized spacial score (nSPS) is 15.3. The summed E-state index contributed by atoms with van der Waals surface area (Å²) in [5, 5.41) is 6.50. The van der Waals surface area contributed by atoms with E-state index in [1.165, 1.54) is 12.8 Å². The fraction of sp³-hybridized carbons (Fsp3) is 0.600. The fourth-order valence-corrected chi connectivity index (χ4v) is 1.25. The summed E-state index contributed by atoms with van der Waals surface area (Å²) in [5.74, 6) is 1.68. The Balaban J connectivity index is 2.13. The van der Waals surface area contributed by atoms with Crippen LogP contribution < -0.4 is 10.6 Å². The number of aryl methyl sites for hydroxylation is 1. The van der Waals surface area contributed by atoms with Gasteiger partial charge in [-0.1, -0.05) is 0 Å². The second-order valence-electron chi connectivity index (χ2n) is 3.67. The van der Waals surface area contributed by atoms with Gasteiger partial charge < -0.3 is 10.6 Å². The minimum Gasteiger partial charge on any atom is -0.367 e. The van der Waals surface area contributed by atoms with E-state index < -0.39 is 0 Å². The average molecular weight is 192 g/mol. The number of nitrogens with zero attached hydrogens (tertiary/aromatic N) is 2. The molecule has 4 nitrogen and oxygen atoms in total. The van der Waals surface area contributed by atoms with Crippen molar-refractivity contribution in [3.05, 3.63) is 11.8 Å². The van der Waals surface area contributed by atoms with Crippen molar-refractivity contribution >= 4 is 11.8 Å². The van der Waals surface area contributed by atoms with Crippen LogP contribution in [0.2, 0.25) is 0 Å². The van der Waals surface area contributed by atoms with Crippen molar-refractivity contribution in [2.75, 3.05) is 17.2 Å². The summed E-state index contributed by atoms with van der Waals surface area (Å²) in [6, 6.07) is 0.637. The second kappa shape index (κ2) is 3.82. The van der Waals surface area contributed by atoms with Crippen LogP contribution in [0.5, 0.6) is 0 Å². The smallest absolute Gasteiger partial charge is 0.224 e. The fourth-order valence-electron chi connectivity index (χ4n) is 1.25. The molecule has 1 aliphatic carbocycles. The number of anilines is 2. The first kappa shape index (κ1) is 9.24. The molecular formula is C10H16N4. The summed E-state index contributed by atoms with van der Waals surface area (Å²) in [6.07, 6.45) is 4.38. The molecule has 0 saturated heterocycles. The van der Waals surface area contributed by atoms with Gasteiger partial charge in [0.2, 0.25) is 5.95 Å². The van der Waals surface area contributed by atoms with E-state index in [1.54, 1.807) is 0 Å². The van der Waals surface area contributed by atoms with Crippen LogP contribution in [0.25, 0.3) is 0 Å². The zero-order chi connectivity index (χ0) is 9.97. The van der Waals surface area contributed by atoms with Gasteiger partial charge >= 0.3 is 0 Å². The Labute approximate surface area is 84.2 Å². The van der Waals surface area contributed by atoms with Gasteiger partial charge in [-0.05, 0) is 26.7 Å². The quantitative estimate of drug-likeness (QED) is 0.763. The molecule has 1 aromatic rings. The van der Waals surface area contributed by atoms with Crippen molar-refractivity contribution in [2.24, 2.45) is 0 Å². The van der Waals surface area contributed by atoms with Crippen LogP contribution >= 0.6 is 0 Å². The number of rotatable bonds is 4. The molecule has 1 aromatic heterocycles. The molecule has 1 fully saturated rings. The maximum absolute atomic E-state index is 4.41. The summed E-state index contributed by atoms with van der Waals surface area (Å²) < 4.78 is 0. The largest absolute Gasteiger partial charge is 0.367 e. The Bertz CT molecular complexity index is 320. The molecule has 0 aromatic carbocycles. The van der Waals surface area contributed by atoms with Gasteiger partial charge in [0.25, 0.3) is 0 Å². The van der Waals surface area contributed by atoms with E-state index in [1.807, 2.05) is 20.0 Å². The van der Waals surface area contributed by atoms with Gasteiger partial charge in [0.05, 0.1) is 0 Å². The SMILES string of the molecule is CCNc1ncc(C)c(NC2CC2)n1. The molecule has 0 unspecified atom stereocenters. The highest BCUT2D eigenvalue weighted by atomic mass is 15.1. The lowest BCUT2D eigenvalue weighted by atomic mass is 10.3. The minimum absolute atomic E-state index is 0.637. The van der Waals surface area contributed by atoms with Crippen molar-refractivity contribution < 1.29 is 0 Å². The lowest BCUT2D eigenvalue weighted by molar-refractivity contribution is 1.03. The molecule has 2 N–H and O–H groups in total. The van der Waals surface area contributed by atoms with E-state index in [0.717, 1.165) is 17.9 Å². The zero-order valence-electron chi connectivity index (χ0n) is 8.67. The summed E-state index contributed by atoms with van der Waals surface area (Å²) in [5.41, 5.74) is 1.11. The molecule has 0 atom stereocenters. The first-order valence-electron chi connectivity index (χ1n) is 5.13. The Hall–Kier alpha value is -1.32. The number of hydrogen-bond donors (Lipinski definition) is 2. The number of nitrogens with one attached hydrogen (secondary N) is 2. The van der Waals surface area contributed by atoms with Gasteiger partial charge in [0, 0.05) is 24.3 Å². The molecular weight excluding hydrogens is 176 g/mol. The topological polar surface area (TPSA) is 49.8 Å². The van der Waals surface area contributed by atoms with Crippen molar-refractivity contribution in [3.8, 4) is 0 Å². The van der Waals surface area contributed by atoms with E-state index in [9.17, 15) is 0 Å². The van der Waals surface area contributed by atoms with Crippen LogP contribution in [0.3, 0.4) is 0 Å². The molecule has 4 heteroatoms. The van der Waals surface area contributed by atoms with Crippen molar-refractivity contribution in [2.45, 2.75) is 32.7 Å². The van der Waals surface area contributed by atoms with E-state index in [2.05, 4.69) is 20.6 Å². The highest BCUT2D eigenvalue weighted by molar-refractivity contribution is 5.47. The van der Waals surface area contributed by atoms with Gasteiger partial charge in [0.1, 0.15) is 5.82 Å². The second-order valence-corrected chi connectivity index (χ2v) is 3.67. The molecule has 1 saturated carbocycles. The van der Waals surface area contributed by atoms with Crippen LogP contribution in [0.4, 0.5) is 11.8 Å².